The number of hydrogen-bond acceptors (Lipinski definition) is 4. The monoisotopic (exact) mass is 329 g/mol. The van der Waals surface area contributed by atoms with Gasteiger partial charge >= 0.3 is 0 Å². The van der Waals surface area contributed by atoms with Crippen molar-refractivity contribution in [1.82, 2.24) is 9.71 Å². The van der Waals surface area contributed by atoms with E-state index in [-0.39, 0.29) is 4.90 Å². The number of fused-ring (bicyclic) bond motifs is 1. The number of aromatic nitrogens is 1. The summed E-state index contributed by atoms with van der Waals surface area (Å²) in [6.07, 6.45) is 4.62. The number of nitriles is 1. The van der Waals surface area contributed by atoms with E-state index in [0.717, 1.165) is 12.8 Å². The minimum absolute atomic E-state index is 0.177. The average molecular weight is 329 g/mol. The van der Waals surface area contributed by atoms with Gasteiger partial charge in [0.05, 0.1) is 16.5 Å². The second-order valence-corrected chi connectivity index (χ2v) is 7.98. The molecule has 0 saturated heterocycles. The molecule has 1 aliphatic carbocycles. The van der Waals surface area contributed by atoms with Crippen LogP contribution in [0.15, 0.2) is 41.4 Å². The van der Waals surface area contributed by atoms with Crippen molar-refractivity contribution < 1.29 is 8.42 Å². The maximum absolute atomic E-state index is 12.9. The molecule has 5 nitrogen and oxygen atoms in total. The molecule has 0 spiro atoms. The van der Waals surface area contributed by atoms with Crippen LogP contribution in [0.25, 0.3) is 10.9 Å². The molecule has 1 saturated carbocycles. The van der Waals surface area contributed by atoms with Crippen molar-refractivity contribution in [2.24, 2.45) is 5.92 Å². The van der Waals surface area contributed by atoms with Crippen LogP contribution >= 0.6 is 0 Å². The van der Waals surface area contributed by atoms with Gasteiger partial charge in [-0.25, -0.2) is 8.42 Å². The summed E-state index contributed by atoms with van der Waals surface area (Å²) in [5.74, 6) is 0.334. The summed E-state index contributed by atoms with van der Waals surface area (Å²) >= 11 is 0. The van der Waals surface area contributed by atoms with E-state index in [1.54, 1.807) is 36.5 Å². The molecule has 0 radical (unpaired) electrons. The maximum Gasteiger partial charge on any atom is 0.242 e. The summed E-state index contributed by atoms with van der Waals surface area (Å²) in [5.41, 5.74) is -0.390. The number of rotatable bonds is 3. The zero-order valence-corrected chi connectivity index (χ0v) is 13.8. The molecule has 1 aromatic heterocycles. The quantitative estimate of drug-likeness (QED) is 0.938. The zero-order valence-electron chi connectivity index (χ0n) is 13.0. The van der Waals surface area contributed by atoms with Gasteiger partial charge < -0.3 is 0 Å². The third-order valence-corrected chi connectivity index (χ3v) is 6.03. The molecule has 1 fully saturated rings. The third-order valence-electron chi connectivity index (χ3n) is 4.44. The molecule has 0 bridgehead atoms. The van der Waals surface area contributed by atoms with Crippen LogP contribution in [0, 0.1) is 17.2 Å². The summed E-state index contributed by atoms with van der Waals surface area (Å²) in [5, 5.41) is 10.2. The van der Waals surface area contributed by atoms with Crippen LogP contribution in [0.4, 0.5) is 0 Å². The van der Waals surface area contributed by atoms with Crippen molar-refractivity contribution in [3.8, 4) is 6.07 Å². The Morgan fingerprint density at radius 2 is 2.17 bits per heavy atom. The Morgan fingerprint density at radius 3 is 2.91 bits per heavy atom. The standard InChI is InChI=1S/C17H19N3O2S/c1-13-5-3-9-17(11-13,12-18)20-23(21,22)16-8-2-7-15-14(16)6-4-10-19-15/h2,4,6-8,10,13,20H,3,5,9,11H2,1H3/t13-,17+/m1/s1. The number of benzene rings is 1. The number of pyridine rings is 1. The zero-order chi connectivity index (χ0) is 16.5. The van der Waals surface area contributed by atoms with E-state index in [9.17, 15) is 13.7 Å². The van der Waals surface area contributed by atoms with E-state index < -0.39 is 15.6 Å². The number of sulfonamides is 1. The fourth-order valence-electron chi connectivity index (χ4n) is 3.39. The van der Waals surface area contributed by atoms with Crippen LogP contribution in [0.1, 0.15) is 32.6 Å². The predicted molar refractivity (Wildman–Crippen MR) is 88.0 cm³/mol. The Labute approximate surface area is 136 Å². The average Bonchev–Trinajstić information content (AvgIpc) is 2.54. The van der Waals surface area contributed by atoms with E-state index >= 15 is 0 Å². The third kappa shape index (κ3) is 3.07. The molecule has 1 heterocycles. The summed E-state index contributed by atoms with van der Waals surface area (Å²) in [6, 6.07) is 10.7. The lowest BCUT2D eigenvalue weighted by Crippen LogP contribution is -2.50. The van der Waals surface area contributed by atoms with Crippen LogP contribution in [-0.4, -0.2) is 18.9 Å². The van der Waals surface area contributed by atoms with Crippen molar-refractivity contribution in [3.63, 3.8) is 0 Å². The van der Waals surface area contributed by atoms with Gasteiger partial charge in [-0.05, 0) is 43.0 Å². The number of hydrogen-bond donors (Lipinski definition) is 1. The normalized spacial score (nSPS) is 25.1. The molecule has 120 valence electrons. The molecule has 0 unspecified atom stereocenters. The smallest absolute Gasteiger partial charge is 0.242 e. The van der Waals surface area contributed by atoms with E-state index in [1.165, 1.54) is 0 Å². The highest BCUT2D eigenvalue weighted by atomic mass is 32.2. The highest BCUT2D eigenvalue weighted by Gasteiger charge is 2.39. The second kappa shape index (κ2) is 5.91. The molecule has 0 aliphatic heterocycles. The summed E-state index contributed by atoms with van der Waals surface area (Å²) < 4.78 is 28.5. The van der Waals surface area contributed by atoms with Crippen LogP contribution in [0.3, 0.4) is 0 Å². The fourth-order valence-corrected chi connectivity index (χ4v) is 4.97. The first kappa shape index (κ1) is 15.9. The summed E-state index contributed by atoms with van der Waals surface area (Å²) in [6.45, 7) is 2.06. The minimum atomic E-state index is -3.79. The second-order valence-electron chi connectivity index (χ2n) is 6.33. The van der Waals surface area contributed by atoms with Crippen LogP contribution in [0.2, 0.25) is 0 Å². The molecule has 2 atom stereocenters. The molecule has 1 N–H and O–H groups in total. The van der Waals surface area contributed by atoms with Gasteiger partial charge in [0.25, 0.3) is 0 Å². The van der Waals surface area contributed by atoms with Crippen molar-refractivity contribution in [3.05, 3.63) is 36.5 Å². The molecule has 1 aromatic carbocycles. The first-order valence-corrected chi connectivity index (χ1v) is 9.23. The number of nitrogens with zero attached hydrogens (tertiary/aromatic N) is 2. The lowest BCUT2D eigenvalue weighted by Gasteiger charge is -2.34. The SMILES string of the molecule is C[C@@H]1CCC[C@](C#N)(NS(=O)(=O)c2cccc3ncccc23)C1. The molecule has 3 rings (SSSR count). The molecule has 1 aliphatic rings. The van der Waals surface area contributed by atoms with Crippen molar-refractivity contribution in [2.75, 3.05) is 0 Å². The largest absolute Gasteiger partial charge is 0.256 e. The Bertz CT molecular complexity index is 868. The first-order chi connectivity index (χ1) is 11.0. The van der Waals surface area contributed by atoms with Crippen molar-refractivity contribution >= 4 is 20.9 Å². The van der Waals surface area contributed by atoms with Gasteiger partial charge in [0.15, 0.2) is 0 Å². The molecule has 2 aromatic rings. The van der Waals surface area contributed by atoms with E-state index in [1.807, 2.05) is 0 Å². The van der Waals surface area contributed by atoms with Gasteiger partial charge in [0.1, 0.15) is 5.54 Å². The molecule has 23 heavy (non-hydrogen) atoms. The minimum Gasteiger partial charge on any atom is -0.256 e. The lowest BCUT2D eigenvalue weighted by atomic mass is 9.78. The van der Waals surface area contributed by atoms with Gasteiger partial charge in [0, 0.05) is 11.6 Å². The van der Waals surface area contributed by atoms with Crippen molar-refractivity contribution in [2.45, 2.75) is 43.0 Å². The fraction of sp³-hybridized carbons (Fsp3) is 0.412. The predicted octanol–water partition coefficient (Wildman–Crippen LogP) is 2.99. The molecular formula is C17H19N3O2S. The van der Waals surface area contributed by atoms with Crippen LogP contribution in [-0.2, 0) is 10.0 Å². The molecule has 6 heteroatoms. The van der Waals surface area contributed by atoms with E-state index in [0.29, 0.717) is 29.7 Å². The summed E-state index contributed by atoms with van der Waals surface area (Å²) in [7, 11) is -3.79. The van der Waals surface area contributed by atoms with Crippen LogP contribution < -0.4 is 4.72 Å². The van der Waals surface area contributed by atoms with Crippen LogP contribution in [0.5, 0.6) is 0 Å². The molecular weight excluding hydrogens is 310 g/mol. The Hall–Kier alpha value is -1.97. The van der Waals surface area contributed by atoms with Crippen molar-refractivity contribution in [1.29, 1.82) is 5.26 Å². The Kier molecular flexibility index (Phi) is 4.09. The highest BCUT2D eigenvalue weighted by Crippen LogP contribution is 2.33. The summed E-state index contributed by atoms with van der Waals surface area (Å²) in [4.78, 5) is 4.37. The maximum atomic E-state index is 12.9. The van der Waals surface area contributed by atoms with Gasteiger partial charge in [0.2, 0.25) is 10.0 Å². The van der Waals surface area contributed by atoms with Gasteiger partial charge in [-0.1, -0.05) is 25.8 Å². The lowest BCUT2D eigenvalue weighted by molar-refractivity contribution is 0.270. The highest BCUT2D eigenvalue weighted by molar-refractivity contribution is 7.89. The molecule has 0 amide bonds. The first-order valence-electron chi connectivity index (χ1n) is 7.75. The number of nitrogens with one attached hydrogen (secondary N) is 1. The van der Waals surface area contributed by atoms with Gasteiger partial charge in [-0.15, -0.1) is 0 Å². The van der Waals surface area contributed by atoms with E-state index in [4.69, 9.17) is 0 Å². The Balaban J connectivity index is 2.03. The van der Waals surface area contributed by atoms with Gasteiger partial charge in [-0.2, -0.15) is 9.98 Å². The van der Waals surface area contributed by atoms with E-state index in [2.05, 4.69) is 22.7 Å². The van der Waals surface area contributed by atoms with Gasteiger partial charge in [-0.3, -0.25) is 4.98 Å². The Morgan fingerprint density at radius 1 is 1.35 bits per heavy atom. The topological polar surface area (TPSA) is 82.9 Å².